The molecular formula is C21H18N4O. The molecule has 4 aromatic rings. The van der Waals surface area contributed by atoms with Gasteiger partial charge in [0.05, 0.1) is 12.2 Å². The number of fused-ring (bicyclic) bond motifs is 2. The van der Waals surface area contributed by atoms with E-state index in [1.807, 2.05) is 36.5 Å². The summed E-state index contributed by atoms with van der Waals surface area (Å²) in [5.74, 6) is 1.75. The second-order valence-corrected chi connectivity index (χ2v) is 6.62. The van der Waals surface area contributed by atoms with Gasteiger partial charge in [0.2, 0.25) is 0 Å². The van der Waals surface area contributed by atoms with Gasteiger partial charge in [-0.05, 0) is 24.3 Å². The van der Waals surface area contributed by atoms with Crippen molar-refractivity contribution in [1.82, 2.24) is 19.9 Å². The minimum Gasteiger partial charge on any atom is -0.460 e. The molecule has 5 heteroatoms. The van der Waals surface area contributed by atoms with Gasteiger partial charge in [-0.25, -0.2) is 9.97 Å². The van der Waals surface area contributed by atoms with Crippen LogP contribution in [0.15, 0.2) is 65.5 Å². The topological polar surface area (TPSA) is 55.1 Å². The molecule has 0 spiro atoms. The highest BCUT2D eigenvalue weighted by Gasteiger charge is 2.20. The normalized spacial score (nSPS) is 14.5. The Labute approximate surface area is 151 Å². The van der Waals surface area contributed by atoms with Crippen molar-refractivity contribution in [2.24, 2.45) is 0 Å². The van der Waals surface area contributed by atoms with Crippen LogP contribution in [0.3, 0.4) is 0 Å². The lowest BCUT2D eigenvalue weighted by atomic mass is 10.1. The lowest BCUT2D eigenvalue weighted by Gasteiger charge is -2.27. The Morgan fingerprint density at radius 1 is 1.08 bits per heavy atom. The van der Waals surface area contributed by atoms with Crippen LogP contribution in [-0.2, 0) is 19.5 Å². The van der Waals surface area contributed by atoms with E-state index in [9.17, 15) is 0 Å². The summed E-state index contributed by atoms with van der Waals surface area (Å²) in [6, 6.07) is 14.2. The van der Waals surface area contributed by atoms with Gasteiger partial charge in [-0.2, -0.15) is 0 Å². The molecule has 0 radical (unpaired) electrons. The maximum absolute atomic E-state index is 5.96. The van der Waals surface area contributed by atoms with Crippen molar-refractivity contribution >= 4 is 11.0 Å². The van der Waals surface area contributed by atoms with Gasteiger partial charge in [0, 0.05) is 54.6 Å². The number of hydrogen-bond acceptors (Lipinski definition) is 5. The van der Waals surface area contributed by atoms with Crippen molar-refractivity contribution in [1.29, 1.82) is 0 Å². The van der Waals surface area contributed by atoms with Gasteiger partial charge in [-0.3, -0.25) is 9.88 Å². The summed E-state index contributed by atoms with van der Waals surface area (Å²) in [6.45, 7) is 2.62. The maximum atomic E-state index is 5.96. The Morgan fingerprint density at radius 3 is 2.92 bits per heavy atom. The third-order valence-electron chi connectivity index (χ3n) is 4.79. The minimum atomic E-state index is 0.752. The van der Waals surface area contributed by atoms with Crippen LogP contribution in [0.25, 0.3) is 22.4 Å². The predicted molar refractivity (Wildman–Crippen MR) is 99.3 cm³/mol. The Balaban J connectivity index is 1.35. The standard InChI is InChI=1S/C21H18N4O/c1-2-6-20-15(4-1)10-18(26-20)14-25-9-7-19-17(13-25)12-23-21(24-19)16-5-3-8-22-11-16/h1-6,8,10-12H,7,9,13-14H2. The first kappa shape index (κ1) is 15.2. The Morgan fingerprint density at radius 2 is 2.04 bits per heavy atom. The zero-order valence-electron chi connectivity index (χ0n) is 14.3. The Hall–Kier alpha value is -3.05. The zero-order chi connectivity index (χ0) is 17.3. The van der Waals surface area contributed by atoms with Crippen LogP contribution in [0, 0.1) is 0 Å². The molecule has 5 nitrogen and oxygen atoms in total. The molecule has 3 aromatic heterocycles. The summed E-state index contributed by atoms with van der Waals surface area (Å²) >= 11 is 0. The molecule has 1 aromatic carbocycles. The molecule has 0 fully saturated rings. The summed E-state index contributed by atoms with van der Waals surface area (Å²) in [7, 11) is 0. The number of pyridine rings is 1. The summed E-state index contributed by atoms with van der Waals surface area (Å²) in [6.07, 6.45) is 6.44. The molecule has 0 saturated heterocycles. The van der Waals surface area contributed by atoms with E-state index >= 15 is 0 Å². The van der Waals surface area contributed by atoms with E-state index in [-0.39, 0.29) is 0 Å². The zero-order valence-corrected chi connectivity index (χ0v) is 14.3. The Bertz CT molecular complexity index is 1030. The molecule has 0 aliphatic carbocycles. The van der Waals surface area contributed by atoms with Gasteiger partial charge in [-0.1, -0.05) is 18.2 Å². The van der Waals surface area contributed by atoms with Crippen LogP contribution in [0.5, 0.6) is 0 Å². The number of benzene rings is 1. The van der Waals surface area contributed by atoms with Crippen molar-refractivity contribution in [3.63, 3.8) is 0 Å². The van der Waals surface area contributed by atoms with Crippen LogP contribution < -0.4 is 0 Å². The molecule has 1 aliphatic heterocycles. The number of para-hydroxylation sites is 1. The van der Waals surface area contributed by atoms with Crippen LogP contribution >= 0.6 is 0 Å². The first-order valence-electron chi connectivity index (χ1n) is 8.80. The minimum absolute atomic E-state index is 0.752. The highest BCUT2D eigenvalue weighted by Crippen LogP contribution is 2.24. The third-order valence-corrected chi connectivity index (χ3v) is 4.79. The smallest absolute Gasteiger partial charge is 0.160 e. The Kier molecular flexibility index (Phi) is 3.72. The van der Waals surface area contributed by atoms with E-state index in [2.05, 4.69) is 27.0 Å². The van der Waals surface area contributed by atoms with E-state index in [0.29, 0.717) is 0 Å². The maximum Gasteiger partial charge on any atom is 0.160 e. The highest BCUT2D eigenvalue weighted by molar-refractivity contribution is 5.77. The molecule has 0 amide bonds. The number of rotatable bonds is 3. The van der Waals surface area contributed by atoms with Gasteiger partial charge in [0.25, 0.3) is 0 Å². The van der Waals surface area contributed by atoms with Crippen LogP contribution in [0.2, 0.25) is 0 Å². The average Bonchev–Trinajstić information content (AvgIpc) is 3.10. The van der Waals surface area contributed by atoms with Gasteiger partial charge < -0.3 is 4.42 Å². The summed E-state index contributed by atoms with van der Waals surface area (Å²) < 4.78 is 5.96. The van der Waals surface area contributed by atoms with Crippen LogP contribution in [-0.4, -0.2) is 26.4 Å². The molecule has 0 unspecified atom stereocenters. The molecular weight excluding hydrogens is 324 g/mol. The quantitative estimate of drug-likeness (QED) is 0.566. The fraction of sp³-hybridized carbons (Fsp3) is 0.190. The number of aromatic nitrogens is 3. The van der Waals surface area contributed by atoms with Gasteiger partial charge in [0.15, 0.2) is 5.82 Å². The number of furan rings is 1. The average molecular weight is 342 g/mol. The first-order chi connectivity index (χ1) is 12.8. The summed E-state index contributed by atoms with van der Waals surface area (Å²) in [5.41, 5.74) is 4.24. The second kappa shape index (κ2) is 6.35. The predicted octanol–water partition coefficient (Wildman–Crippen LogP) is 3.84. The van der Waals surface area contributed by atoms with E-state index in [4.69, 9.17) is 9.40 Å². The number of hydrogen-bond donors (Lipinski definition) is 0. The molecule has 0 saturated carbocycles. The monoisotopic (exact) mass is 342 g/mol. The van der Waals surface area contributed by atoms with E-state index in [1.54, 1.807) is 12.4 Å². The second-order valence-electron chi connectivity index (χ2n) is 6.62. The highest BCUT2D eigenvalue weighted by atomic mass is 16.3. The van der Waals surface area contributed by atoms with Crippen molar-refractivity contribution in [3.8, 4) is 11.4 Å². The first-order valence-corrected chi connectivity index (χ1v) is 8.80. The van der Waals surface area contributed by atoms with E-state index < -0.39 is 0 Å². The van der Waals surface area contributed by atoms with Gasteiger partial charge in [0.1, 0.15) is 11.3 Å². The van der Waals surface area contributed by atoms with Crippen molar-refractivity contribution in [2.45, 2.75) is 19.5 Å². The molecule has 26 heavy (non-hydrogen) atoms. The van der Waals surface area contributed by atoms with E-state index in [0.717, 1.165) is 59.9 Å². The molecule has 4 heterocycles. The fourth-order valence-electron chi connectivity index (χ4n) is 3.48. The van der Waals surface area contributed by atoms with Crippen molar-refractivity contribution in [3.05, 3.63) is 78.1 Å². The number of nitrogens with zero attached hydrogens (tertiary/aromatic N) is 4. The summed E-state index contributed by atoms with van der Waals surface area (Å²) in [4.78, 5) is 15.8. The summed E-state index contributed by atoms with van der Waals surface area (Å²) in [5, 5.41) is 1.16. The SMILES string of the molecule is c1cncc(-c2ncc3c(n2)CCN(Cc2cc4ccccc4o2)C3)c1. The molecule has 0 atom stereocenters. The van der Waals surface area contributed by atoms with Crippen molar-refractivity contribution < 1.29 is 4.42 Å². The molecule has 128 valence electrons. The molecule has 1 aliphatic rings. The largest absolute Gasteiger partial charge is 0.460 e. The van der Waals surface area contributed by atoms with Gasteiger partial charge >= 0.3 is 0 Å². The fourth-order valence-corrected chi connectivity index (χ4v) is 3.48. The van der Waals surface area contributed by atoms with Gasteiger partial charge in [-0.15, -0.1) is 0 Å². The molecule has 5 rings (SSSR count). The third kappa shape index (κ3) is 2.86. The molecule has 0 bridgehead atoms. The molecule has 0 N–H and O–H groups in total. The van der Waals surface area contributed by atoms with Crippen molar-refractivity contribution in [2.75, 3.05) is 6.54 Å². The lowest BCUT2D eigenvalue weighted by Crippen LogP contribution is -2.30. The lowest BCUT2D eigenvalue weighted by molar-refractivity contribution is 0.225. The van der Waals surface area contributed by atoms with E-state index in [1.165, 1.54) is 5.56 Å². The van der Waals surface area contributed by atoms with Crippen LogP contribution in [0.1, 0.15) is 17.0 Å². The van der Waals surface area contributed by atoms with Crippen LogP contribution in [0.4, 0.5) is 0 Å².